The Morgan fingerprint density at radius 1 is 0.477 bits per heavy atom. The Kier molecular flexibility index (Phi) is 42.8. The molecule has 0 aromatic carbocycles. The molecule has 10 heteroatoms. The summed E-state index contributed by atoms with van der Waals surface area (Å²) in [6.07, 6.45) is 47.2. The molecule has 1 aliphatic rings. The summed E-state index contributed by atoms with van der Waals surface area (Å²) in [4.78, 5) is 25.5. The highest BCUT2D eigenvalue weighted by Crippen LogP contribution is 2.23. The molecule has 380 valence electrons. The minimum absolute atomic E-state index is 0.218. The summed E-state index contributed by atoms with van der Waals surface area (Å²) in [5.74, 6) is -0.805. The topological polar surface area (TPSA) is 152 Å². The van der Waals surface area contributed by atoms with Crippen molar-refractivity contribution in [2.24, 2.45) is 0 Å². The normalized spacial score (nSPS) is 19.5. The van der Waals surface area contributed by atoms with Crippen LogP contribution in [0.2, 0.25) is 0 Å². The first-order valence-electron chi connectivity index (χ1n) is 27.1. The first-order valence-corrected chi connectivity index (χ1v) is 27.1. The standard InChI is InChI=1S/C55H100O10/c1-3-5-7-9-11-13-15-17-19-21-23-24-26-28-30-32-34-36-38-40-42-44-51(58)64-48(47-63-55-54(61)53(60)52(59)49(45-56)65-55)46-62-50(57)43-41-39-37-35-33-31-29-27-25-22-20-18-16-14-12-10-8-6-4-2/h15,17-18,20-21,23,48-49,52-56,59-61H,3-14,16,19,22,24-47H2,1-2H3/b17-15-,20-18-,23-21-. The minimum atomic E-state index is -1.60. The van der Waals surface area contributed by atoms with Crippen molar-refractivity contribution in [3.8, 4) is 0 Å². The number of esters is 2. The molecule has 0 aromatic heterocycles. The van der Waals surface area contributed by atoms with E-state index in [1.165, 1.54) is 154 Å². The van der Waals surface area contributed by atoms with Gasteiger partial charge in [-0.1, -0.05) is 198 Å². The fraction of sp³-hybridized carbons (Fsp3) is 0.855. The molecule has 4 N–H and O–H groups in total. The van der Waals surface area contributed by atoms with Crippen molar-refractivity contribution >= 4 is 11.9 Å². The van der Waals surface area contributed by atoms with E-state index in [1.807, 2.05) is 0 Å². The molecule has 0 radical (unpaired) electrons. The van der Waals surface area contributed by atoms with Crippen LogP contribution in [0.3, 0.4) is 0 Å². The number of unbranched alkanes of at least 4 members (excludes halogenated alkanes) is 29. The molecule has 6 unspecified atom stereocenters. The summed E-state index contributed by atoms with van der Waals surface area (Å²) >= 11 is 0. The molecule has 10 nitrogen and oxygen atoms in total. The summed E-state index contributed by atoms with van der Waals surface area (Å²) in [5.41, 5.74) is 0. The third kappa shape index (κ3) is 36.6. The number of aliphatic hydroxyl groups excluding tert-OH is 4. The zero-order chi connectivity index (χ0) is 47.3. The molecule has 65 heavy (non-hydrogen) atoms. The van der Waals surface area contributed by atoms with Crippen LogP contribution in [-0.4, -0.2) is 89.0 Å². The van der Waals surface area contributed by atoms with Crippen LogP contribution < -0.4 is 0 Å². The van der Waals surface area contributed by atoms with E-state index in [4.69, 9.17) is 18.9 Å². The van der Waals surface area contributed by atoms with Crippen molar-refractivity contribution in [3.05, 3.63) is 36.5 Å². The van der Waals surface area contributed by atoms with Gasteiger partial charge in [0.05, 0.1) is 13.2 Å². The van der Waals surface area contributed by atoms with E-state index in [0.29, 0.717) is 6.42 Å². The first kappa shape index (κ1) is 60.9. The predicted molar refractivity (Wildman–Crippen MR) is 266 cm³/mol. The average molecular weight is 921 g/mol. The fourth-order valence-electron chi connectivity index (χ4n) is 8.21. The van der Waals surface area contributed by atoms with E-state index < -0.39 is 49.4 Å². The molecule has 1 fully saturated rings. The smallest absolute Gasteiger partial charge is 0.306 e. The van der Waals surface area contributed by atoms with Crippen molar-refractivity contribution in [2.75, 3.05) is 19.8 Å². The molecule has 1 heterocycles. The number of rotatable bonds is 46. The Labute approximate surface area is 397 Å². The van der Waals surface area contributed by atoms with Crippen molar-refractivity contribution in [1.82, 2.24) is 0 Å². The van der Waals surface area contributed by atoms with Gasteiger partial charge in [0.25, 0.3) is 0 Å². The van der Waals surface area contributed by atoms with Gasteiger partial charge in [0.1, 0.15) is 31.0 Å². The molecule has 0 aromatic rings. The third-order valence-electron chi connectivity index (χ3n) is 12.5. The summed E-state index contributed by atoms with van der Waals surface area (Å²) in [5, 5.41) is 40.2. The van der Waals surface area contributed by atoms with Crippen molar-refractivity contribution in [1.29, 1.82) is 0 Å². The molecule has 0 aliphatic carbocycles. The second-order valence-electron chi connectivity index (χ2n) is 18.7. The molecule has 0 saturated carbocycles. The van der Waals surface area contributed by atoms with E-state index in [2.05, 4.69) is 50.3 Å². The van der Waals surface area contributed by atoms with Gasteiger partial charge in [-0.05, 0) is 70.6 Å². The Bertz CT molecular complexity index is 1160. The van der Waals surface area contributed by atoms with Crippen LogP contribution >= 0.6 is 0 Å². The van der Waals surface area contributed by atoms with Gasteiger partial charge >= 0.3 is 11.9 Å². The zero-order valence-corrected chi connectivity index (χ0v) is 41.7. The summed E-state index contributed by atoms with van der Waals surface area (Å²) < 4.78 is 22.3. The van der Waals surface area contributed by atoms with Gasteiger partial charge in [-0.15, -0.1) is 0 Å². The molecule has 0 spiro atoms. The van der Waals surface area contributed by atoms with Gasteiger partial charge in [0, 0.05) is 12.8 Å². The van der Waals surface area contributed by atoms with E-state index >= 15 is 0 Å². The lowest BCUT2D eigenvalue weighted by molar-refractivity contribution is -0.305. The van der Waals surface area contributed by atoms with E-state index in [9.17, 15) is 30.0 Å². The molecule has 1 rings (SSSR count). The van der Waals surface area contributed by atoms with Crippen LogP contribution in [0.1, 0.15) is 245 Å². The highest BCUT2D eigenvalue weighted by atomic mass is 16.7. The van der Waals surface area contributed by atoms with Gasteiger partial charge < -0.3 is 39.4 Å². The summed E-state index contributed by atoms with van der Waals surface area (Å²) in [6, 6.07) is 0. The molecule has 0 amide bonds. The fourth-order valence-corrected chi connectivity index (χ4v) is 8.21. The monoisotopic (exact) mass is 921 g/mol. The van der Waals surface area contributed by atoms with Crippen molar-refractivity contribution in [3.63, 3.8) is 0 Å². The van der Waals surface area contributed by atoms with Gasteiger partial charge in [-0.2, -0.15) is 0 Å². The Morgan fingerprint density at radius 2 is 0.862 bits per heavy atom. The van der Waals surface area contributed by atoms with E-state index in [-0.39, 0.29) is 32.0 Å². The molecule has 1 aliphatic heterocycles. The van der Waals surface area contributed by atoms with Crippen molar-refractivity contribution < 1.29 is 49.0 Å². The highest BCUT2D eigenvalue weighted by Gasteiger charge is 2.44. The first-order chi connectivity index (χ1) is 31.8. The number of aliphatic hydroxyl groups is 4. The molecule has 1 saturated heterocycles. The number of allylic oxidation sites excluding steroid dienone is 6. The van der Waals surface area contributed by atoms with Crippen LogP contribution in [0, 0.1) is 0 Å². The zero-order valence-electron chi connectivity index (χ0n) is 41.7. The number of carbonyl (C=O) groups excluding carboxylic acids is 2. The van der Waals surface area contributed by atoms with Gasteiger partial charge in [0.2, 0.25) is 0 Å². The molecule has 6 atom stereocenters. The number of hydrogen-bond donors (Lipinski definition) is 4. The van der Waals surface area contributed by atoms with Crippen LogP contribution in [0.5, 0.6) is 0 Å². The van der Waals surface area contributed by atoms with Gasteiger partial charge in [-0.25, -0.2) is 0 Å². The predicted octanol–water partition coefficient (Wildman–Crippen LogP) is 13.0. The summed E-state index contributed by atoms with van der Waals surface area (Å²) in [6.45, 7) is 3.44. The lowest BCUT2D eigenvalue weighted by atomic mass is 9.99. The second kappa shape index (κ2) is 45.7. The average Bonchev–Trinajstić information content (AvgIpc) is 3.30. The number of hydrogen-bond acceptors (Lipinski definition) is 10. The Morgan fingerprint density at radius 3 is 1.29 bits per heavy atom. The maximum atomic E-state index is 12.9. The quantitative estimate of drug-likeness (QED) is 0.0264. The van der Waals surface area contributed by atoms with E-state index in [1.54, 1.807) is 0 Å². The highest BCUT2D eigenvalue weighted by molar-refractivity contribution is 5.70. The van der Waals surface area contributed by atoms with Crippen LogP contribution in [-0.2, 0) is 28.5 Å². The van der Waals surface area contributed by atoms with Crippen molar-refractivity contribution in [2.45, 2.75) is 282 Å². The maximum absolute atomic E-state index is 12.9. The summed E-state index contributed by atoms with van der Waals surface area (Å²) in [7, 11) is 0. The van der Waals surface area contributed by atoms with E-state index in [0.717, 1.165) is 57.8 Å². The molecule has 0 bridgehead atoms. The van der Waals surface area contributed by atoms with Crippen LogP contribution in [0.4, 0.5) is 0 Å². The van der Waals surface area contributed by atoms with Gasteiger partial charge in [-0.3, -0.25) is 9.59 Å². The lowest BCUT2D eigenvalue weighted by Gasteiger charge is -2.39. The largest absolute Gasteiger partial charge is 0.462 e. The third-order valence-corrected chi connectivity index (χ3v) is 12.5. The number of carbonyl (C=O) groups is 2. The molecular formula is C55H100O10. The van der Waals surface area contributed by atoms with Crippen LogP contribution in [0.15, 0.2) is 36.5 Å². The second-order valence-corrected chi connectivity index (χ2v) is 18.7. The Balaban J connectivity index is 2.24. The minimum Gasteiger partial charge on any atom is -0.462 e. The maximum Gasteiger partial charge on any atom is 0.306 e. The Hall–Kier alpha value is -2.08. The van der Waals surface area contributed by atoms with Crippen LogP contribution in [0.25, 0.3) is 0 Å². The molecular weight excluding hydrogens is 821 g/mol. The lowest BCUT2D eigenvalue weighted by Crippen LogP contribution is -2.59. The van der Waals surface area contributed by atoms with Gasteiger partial charge in [0.15, 0.2) is 12.4 Å². The number of ether oxygens (including phenoxy) is 4. The SMILES string of the molecule is CCCCCCC/C=C\C/C=C\CCCCCCCCCCCC(=O)OC(COC(=O)CCCCCCCCCCC/C=C\CCCCCCCC)COC1OC(CO)C(O)C(O)C1O.